The van der Waals surface area contributed by atoms with Crippen molar-refractivity contribution in [1.82, 2.24) is 14.6 Å². The Balaban J connectivity index is 1.98. The second-order valence-corrected chi connectivity index (χ2v) is 9.11. The van der Waals surface area contributed by atoms with Gasteiger partial charge < -0.3 is 11.1 Å². The molecule has 3 N–H and O–H groups in total. The lowest BCUT2D eigenvalue weighted by atomic mass is 10.2. The minimum Gasteiger partial charge on any atom is -0.330 e. The van der Waals surface area contributed by atoms with E-state index in [9.17, 15) is 8.42 Å². The van der Waals surface area contributed by atoms with Crippen molar-refractivity contribution < 1.29 is 8.42 Å². The summed E-state index contributed by atoms with van der Waals surface area (Å²) in [6.07, 6.45) is 2.53. The van der Waals surface area contributed by atoms with E-state index in [1.54, 1.807) is 34.4 Å². The number of nitrogens with zero attached hydrogens (tertiary/aromatic N) is 2. The quantitative estimate of drug-likeness (QED) is 0.767. The summed E-state index contributed by atoms with van der Waals surface area (Å²) in [6.45, 7) is 4.57. The molecule has 3 rings (SSSR count). The Morgan fingerprint density at radius 1 is 1.36 bits per heavy atom. The van der Waals surface area contributed by atoms with E-state index >= 15 is 0 Å². The first-order valence-electron chi connectivity index (χ1n) is 8.48. The number of fused-ring (bicyclic) bond motifs is 1. The molecule has 0 radical (unpaired) electrons. The summed E-state index contributed by atoms with van der Waals surface area (Å²) >= 11 is 1.59. The minimum atomic E-state index is -3.51. The summed E-state index contributed by atoms with van der Waals surface area (Å²) in [6, 6.07) is 7.15. The molecular weight excluding hydrogens is 356 g/mol. The number of aromatic nitrogens is 1. The highest BCUT2D eigenvalue weighted by Crippen LogP contribution is 2.29. The van der Waals surface area contributed by atoms with Gasteiger partial charge in [0, 0.05) is 43.0 Å². The van der Waals surface area contributed by atoms with Gasteiger partial charge in [0.25, 0.3) is 0 Å². The minimum absolute atomic E-state index is 0.0104. The van der Waals surface area contributed by atoms with E-state index in [4.69, 9.17) is 5.73 Å². The van der Waals surface area contributed by atoms with Crippen LogP contribution >= 0.6 is 11.8 Å². The van der Waals surface area contributed by atoms with Gasteiger partial charge in [0.05, 0.1) is 4.90 Å². The maximum absolute atomic E-state index is 13.1. The van der Waals surface area contributed by atoms with Crippen molar-refractivity contribution in [3.05, 3.63) is 30.5 Å². The number of hydrogen-bond donors (Lipinski definition) is 2. The van der Waals surface area contributed by atoms with Crippen molar-refractivity contribution in [3.8, 4) is 0 Å². The third-order valence-electron chi connectivity index (χ3n) is 4.40. The SMILES string of the molecule is C[C@@H]1CCNCCN1S(=O)(=O)c1ccc2c(SCCN)nccc2c1. The Kier molecular flexibility index (Phi) is 5.96. The molecule has 0 saturated carbocycles. The molecule has 0 bridgehead atoms. The van der Waals surface area contributed by atoms with Crippen LogP contribution in [0.1, 0.15) is 13.3 Å². The molecule has 1 aromatic carbocycles. The van der Waals surface area contributed by atoms with E-state index in [1.165, 1.54) is 0 Å². The normalized spacial score (nSPS) is 19.8. The average molecular weight is 381 g/mol. The van der Waals surface area contributed by atoms with Crippen molar-refractivity contribution in [1.29, 1.82) is 0 Å². The van der Waals surface area contributed by atoms with Crippen LogP contribution in [-0.4, -0.2) is 55.7 Å². The molecule has 1 atom stereocenters. The number of pyridine rings is 1. The topological polar surface area (TPSA) is 88.3 Å². The lowest BCUT2D eigenvalue weighted by Crippen LogP contribution is -2.39. The maximum Gasteiger partial charge on any atom is 0.243 e. The summed E-state index contributed by atoms with van der Waals surface area (Å²) in [4.78, 5) is 4.73. The average Bonchev–Trinajstić information content (AvgIpc) is 2.84. The number of nitrogens with one attached hydrogen (secondary N) is 1. The molecule has 2 aromatic rings. The van der Waals surface area contributed by atoms with Crippen LogP contribution in [0.25, 0.3) is 10.8 Å². The van der Waals surface area contributed by atoms with Crippen molar-refractivity contribution >= 4 is 32.6 Å². The smallest absolute Gasteiger partial charge is 0.243 e. The van der Waals surface area contributed by atoms with Gasteiger partial charge in [-0.25, -0.2) is 13.4 Å². The van der Waals surface area contributed by atoms with Gasteiger partial charge >= 0.3 is 0 Å². The standard InChI is InChI=1S/C17H24N4O2S2/c1-13-4-7-19-9-10-21(13)25(22,23)15-2-3-16-14(12-15)5-8-20-17(16)24-11-6-18/h2-3,5,8,12-13,19H,4,6-7,9-11,18H2,1H3/t13-/m1/s1. The Bertz CT molecular complexity index is 842. The second kappa shape index (κ2) is 8.01. The second-order valence-electron chi connectivity index (χ2n) is 6.14. The molecule has 136 valence electrons. The monoisotopic (exact) mass is 380 g/mol. The van der Waals surface area contributed by atoms with Crippen molar-refractivity contribution in [2.45, 2.75) is 29.3 Å². The molecule has 1 aromatic heterocycles. The first-order chi connectivity index (χ1) is 12.0. The highest BCUT2D eigenvalue weighted by Gasteiger charge is 2.30. The van der Waals surface area contributed by atoms with E-state index in [1.807, 2.05) is 19.1 Å². The van der Waals surface area contributed by atoms with Crippen LogP contribution in [0.15, 0.2) is 40.4 Å². The van der Waals surface area contributed by atoms with Crippen LogP contribution in [0.5, 0.6) is 0 Å². The maximum atomic E-state index is 13.1. The first-order valence-corrected chi connectivity index (χ1v) is 10.9. The zero-order valence-corrected chi connectivity index (χ0v) is 15.9. The molecule has 0 amide bonds. The third kappa shape index (κ3) is 3.98. The van der Waals surface area contributed by atoms with Gasteiger partial charge in [-0.15, -0.1) is 11.8 Å². The number of sulfonamides is 1. The Hall–Kier alpha value is -1.19. The molecule has 0 spiro atoms. The summed E-state index contributed by atoms with van der Waals surface area (Å²) in [5.74, 6) is 0.782. The molecule has 1 fully saturated rings. The van der Waals surface area contributed by atoms with E-state index in [-0.39, 0.29) is 6.04 Å². The molecule has 2 heterocycles. The van der Waals surface area contributed by atoms with E-state index in [0.29, 0.717) is 24.5 Å². The van der Waals surface area contributed by atoms with Gasteiger partial charge in [-0.2, -0.15) is 4.31 Å². The molecule has 6 nitrogen and oxygen atoms in total. The molecule has 0 aliphatic carbocycles. The number of rotatable bonds is 5. The van der Waals surface area contributed by atoms with Gasteiger partial charge in [-0.1, -0.05) is 6.07 Å². The fourth-order valence-corrected chi connectivity index (χ4v) is 5.53. The number of nitrogens with two attached hydrogens (primary N) is 1. The first kappa shape index (κ1) is 18.6. The fourth-order valence-electron chi connectivity index (χ4n) is 3.04. The van der Waals surface area contributed by atoms with Crippen molar-refractivity contribution in [2.24, 2.45) is 5.73 Å². The van der Waals surface area contributed by atoms with Crippen LogP contribution in [0, 0.1) is 0 Å². The predicted octanol–water partition coefficient (Wildman–Crippen LogP) is 1.66. The predicted molar refractivity (Wildman–Crippen MR) is 102 cm³/mol. The van der Waals surface area contributed by atoms with Gasteiger partial charge in [0.15, 0.2) is 0 Å². The highest BCUT2D eigenvalue weighted by atomic mass is 32.2. The molecule has 8 heteroatoms. The lowest BCUT2D eigenvalue weighted by molar-refractivity contribution is 0.350. The van der Waals surface area contributed by atoms with Crippen LogP contribution in [0.4, 0.5) is 0 Å². The van der Waals surface area contributed by atoms with E-state index < -0.39 is 10.0 Å². The van der Waals surface area contributed by atoms with Gasteiger partial charge in [0.2, 0.25) is 10.0 Å². The number of hydrogen-bond acceptors (Lipinski definition) is 6. The summed E-state index contributed by atoms with van der Waals surface area (Å²) in [7, 11) is -3.51. The third-order valence-corrected chi connectivity index (χ3v) is 7.45. The molecule has 1 aliphatic rings. The molecule has 1 aliphatic heterocycles. The Morgan fingerprint density at radius 2 is 2.20 bits per heavy atom. The number of thioether (sulfide) groups is 1. The van der Waals surface area contributed by atoms with E-state index in [2.05, 4.69) is 10.3 Å². The number of benzene rings is 1. The van der Waals surface area contributed by atoms with Crippen LogP contribution in [0.3, 0.4) is 0 Å². The molecule has 25 heavy (non-hydrogen) atoms. The molecular formula is C17H24N4O2S2. The Morgan fingerprint density at radius 3 is 3.00 bits per heavy atom. The zero-order valence-electron chi connectivity index (χ0n) is 14.3. The Labute approximate surface area is 153 Å². The molecule has 1 saturated heterocycles. The van der Waals surface area contributed by atoms with Gasteiger partial charge in [0.1, 0.15) is 5.03 Å². The van der Waals surface area contributed by atoms with Gasteiger partial charge in [-0.3, -0.25) is 0 Å². The van der Waals surface area contributed by atoms with E-state index in [0.717, 1.165) is 34.5 Å². The molecule has 0 unspecified atom stereocenters. The highest BCUT2D eigenvalue weighted by molar-refractivity contribution is 7.99. The van der Waals surface area contributed by atoms with Gasteiger partial charge in [-0.05, 0) is 43.5 Å². The van der Waals surface area contributed by atoms with Crippen LogP contribution in [-0.2, 0) is 10.0 Å². The summed E-state index contributed by atoms with van der Waals surface area (Å²) in [5.41, 5.74) is 5.57. The fraction of sp³-hybridized carbons (Fsp3) is 0.471. The van der Waals surface area contributed by atoms with Crippen molar-refractivity contribution in [2.75, 3.05) is 31.9 Å². The lowest BCUT2D eigenvalue weighted by Gasteiger charge is -2.26. The summed E-state index contributed by atoms with van der Waals surface area (Å²) < 4.78 is 27.8. The summed E-state index contributed by atoms with van der Waals surface area (Å²) in [5, 5.41) is 6.00. The van der Waals surface area contributed by atoms with Crippen LogP contribution < -0.4 is 11.1 Å². The largest absolute Gasteiger partial charge is 0.330 e. The van der Waals surface area contributed by atoms with Crippen LogP contribution in [0.2, 0.25) is 0 Å². The van der Waals surface area contributed by atoms with Crippen molar-refractivity contribution in [3.63, 3.8) is 0 Å². The zero-order chi connectivity index (χ0) is 17.9.